The fraction of sp³-hybridized carbons (Fsp3) is 0.294. The summed E-state index contributed by atoms with van der Waals surface area (Å²) >= 11 is 0. The van der Waals surface area contributed by atoms with Crippen LogP contribution in [0.4, 0.5) is 30.7 Å². The Morgan fingerprint density at radius 1 is 0.926 bits per heavy atom. The molecule has 2 aromatic rings. The van der Waals surface area contributed by atoms with Gasteiger partial charge in [0.2, 0.25) is 0 Å². The van der Waals surface area contributed by atoms with Gasteiger partial charge in [0.25, 0.3) is 0 Å². The van der Waals surface area contributed by atoms with Gasteiger partial charge in [0.1, 0.15) is 11.9 Å². The van der Waals surface area contributed by atoms with Crippen molar-refractivity contribution in [2.45, 2.75) is 18.6 Å². The van der Waals surface area contributed by atoms with Crippen molar-refractivity contribution >= 4 is 0 Å². The molecule has 0 bridgehead atoms. The van der Waals surface area contributed by atoms with Crippen molar-refractivity contribution in [3.8, 4) is 22.6 Å². The van der Waals surface area contributed by atoms with Gasteiger partial charge in [0.15, 0.2) is 11.5 Å². The van der Waals surface area contributed by atoms with Gasteiger partial charge in [-0.25, -0.2) is 4.39 Å². The lowest BCUT2D eigenvalue weighted by molar-refractivity contribution is -0.275. The topological polar surface area (TPSA) is 30.5 Å². The molecular weight excluding hydrogens is 383 g/mol. The lowest BCUT2D eigenvalue weighted by Gasteiger charge is -2.28. The monoisotopic (exact) mass is 395 g/mol. The zero-order valence-corrected chi connectivity index (χ0v) is 13.4. The second kappa shape index (κ2) is 6.91. The number of halogens is 7. The average molecular weight is 395 g/mol. The summed E-state index contributed by atoms with van der Waals surface area (Å²) in [5.74, 6) is -2.58. The van der Waals surface area contributed by atoms with Crippen LogP contribution in [0.25, 0.3) is 11.1 Å². The van der Waals surface area contributed by atoms with Gasteiger partial charge < -0.3 is 14.8 Å². The Kier molecular flexibility index (Phi) is 4.94. The Hall–Kier alpha value is -2.49. The molecule has 0 atom stereocenters. The molecule has 1 fully saturated rings. The molecule has 0 unspecified atom stereocenters. The molecule has 1 N–H and O–H groups in total. The van der Waals surface area contributed by atoms with E-state index in [0.717, 1.165) is 24.3 Å². The summed E-state index contributed by atoms with van der Waals surface area (Å²) in [6.45, 7) is 0.852. The third-order valence-corrected chi connectivity index (χ3v) is 3.82. The minimum Gasteiger partial charge on any atom is -0.484 e. The van der Waals surface area contributed by atoms with Gasteiger partial charge in [-0.3, -0.25) is 0 Å². The van der Waals surface area contributed by atoms with Crippen LogP contribution in [0.15, 0.2) is 36.4 Å². The molecule has 0 aromatic heterocycles. The lowest BCUT2D eigenvalue weighted by atomic mass is 10.0. The smallest absolute Gasteiger partial charge is 0.484 e. The number of benzene rings is 2. The minimum absolute atomic E-state index is 0.211. The van der Waals surface area contributed by atoms with Gasteiger partial charge in [0.05, 0.1) is 5.56 Å². The summed E-state index contributed by atoms with van der Waals surface area (Å²) in [5, 5.41) is 2.87. The van der Waals surface area contributed by atoms with Crippen molar-refractivity contribution in [3.05, 3.63) is 47.8 Å². The van der Waals surface area contributed by atoms with Crippen LogP contribution >= 0.6 is 0 Å². The first-order valence-corrected chi connectivity index (χ1v) is 7.68. The summed E-state index contributed by atoms with van der Waals surface area (Å²) in [7, 11) is 0. The molecule has 2 aromatic carbocycles. The van der Waals surface area contributed by atoms with Crippen molar-refractivity contribution < 1.29 is 40.2 Å². The molecule has 3 rings (SSSR count). The Bertz CT molecular complexity index is 829. The predicted molar refractivity (Wildman–Crippen MR) is 80.8 cm³/mol. The molecule has 0 spiro atoms. The van der Waals surface area contributed by atoms with Crippen molar-refractivity contribution in [1.82, 2.24) is 5.32 Å². The van der Waals surface area contributed by atoms with Crippen LogP contribution in [-0.2, 0) is 6.18 Å². The molecule has 146 valence electrons. The van der Waals surface area contributed by atoms with Crippen LogP contribution < -0.4 is 14.8 Å². The van der Waals surface area contributed by atoms with Crippen molar-refractivity contribution in [3.63, 3.8) is 0 Å². The maximum absolute atomic E-state index is 14.3. The number of hydrogen-bond donors (Lipinski definition) is 1. The second-order valence-corrected chi connectivity index (χ2v) is 5.77. The quantitative estimate of drug-likeness (QED) is 0.758. The Labute approximate surface area is 148 Å². The van der Waals surface area contributed by atoms with Gasteiger partial charge in [0, 0.05) is 18.7 Å². The van der Waals surface area contributed by atoms with E-state index >= 15 is 0 Å². The van der Waals surface area contributed by atoms with Gasteiger partial charge in [-0.15, -0.1) is 13.2 Å². The Morgan fingerprint density at radius 3 is 2.19 bits per heavy atom. The summed E-state index contributed by atoms with van der Waals surface area (Å²) in [6, 6.07) is 5.63. The number of ether oxygens (including phenoxy) is 2. The fourth-order valence-corrected chi connectivity index (χ4v) is 2.48. The highest BCUT2D eigenvalue weighted by molar-refractivity contribution is 5.68. The third kappa shape index (κ3) is 4.44. The van der Waals surface area contributed by atoms with E-state index in [-0.39, 0.29) is 17.4 Å². The summed E-state index contributed by atoms with van der Waals surface area (Å²) in [6.07, 6.45) is -10.4. The Balaban J connectivity index is 2.02. The molecule has 1 heterocycles. The zero-order chi connectivity index (χ0) is 19.8. The minimum atomic E-state index is -5.05. The van der Waals surface area contributed by atoms with E-state index in [1.54, 1.807) is 0 Å². The average Bonchev–Trinajstić information content (AvgIpc) is 2.49. The van der Waals surface area contributed by atoms with Crippen LogP contribution in [0.3, 0.4) is 0 Å². The van der Waals surface area contributed by atoms with Gasteiger partial charge in [-0.2, -0.15) is 13.2 Å². The van der Waals surface area contributed by atoms with Gasteiger partial charge >= 0.3 is 12.5 Å². The number of hydrogen-bond acceptors (Lipinski definition) is 3. The highest BCUT2D eigenvalue weighted by Crippen LogP contribution is 2.40. The first kappa shape index (κ1) is 19.3. The molecule has 0 amide bonds. The molecular formula is C17H12F7NO2. The lowest BCUT2D eigenvalue weighted by Crippen LogP contribution is -2.50. The SMILES string of the molecule is Fc1c(-c2ccc(OC3CNC3)c(OC(F)(F)F)c2)cccc1C(F)(F)F. The van der Waals surface area contributed by atoms with Crippen molar-refractivity contribution in [2.75, 3.05) is 13.1 Å². The largest absolute Gasteiger partial charge is 0.573 e. The van der Waals surface area contributed by atoms with E-state index in [0.29, 0.717) is 19.2 Å². The van der Waals surface area contributed by atoms with Crippen LogP contribution in [0, 0.1) is 5.82 Å². The maximum Gasteiger partial charge on any atom is 0.573 e. The molecule has 27 heavy (non-hydrogen) atoms. The summed E-state index contributed by atoms with van der Waals surface area (Å²) in [4.78, 5) is 0. The molecule has 0 saturated carbocycles. The molecule has 10 heteroatoms. The highest BCUT2D eigenvalue weighted by atomic mass is 19.4. The zero-order valence-electron chi connectivity index (χ0n) is 13.4. The van der Waals surface area contributed by atoms with E-state index in [1.807, 2.05) is 0 Å². The van der Waals surface area contributed by atoms with E-state index in [2.05, 4.69) is 10.1 Å². The van der Waals surface area contributed by atoms with Crippen LogP contribution in [0.5, 0.6) is 11.5 Å². The highest BCUT2D eigenvalue weighted by Gasteiger charge is 2.36. The third-order valence-electron chi connectivity index (χ3n) is 3.82. The number of rotatable bonds is 4. The van der Waals surface area contributed by atoms with E-state index < -0.39 is 35.2 Å². The molecule has 1 saturated heterocycles. The fourth-order valence-electron chi connectivity index (χ4n) is 2.48. The molecule has 1 aliphatic rings. The van der Waals surface area contributed by atoms with Crippen molar-refractivity contribution in [1.29, 1.82) is 0 Å². The molecule has 1 aliphatic heterocycles. The van der Waals surface area contributed by atoms with Crippen LogP contribution in [-0.4, -0.2) is 25.6 Å². The van der Waals surface area contributed by atoms with Gasteiger partial charge in [-0.1, -0.05) is 18.2 Å². The number of nitrogens with one attached hydrogen (secondary N) is 1. The second-order valence-electron chi connectivity index (χ2n) is 5.77. The molecule has 3 nitrogen and oxygen atoms in total. The van der Waals surface area contributed by atoms with E-state index in [4.69, 9.17) is 4.74 Å². The number of alkyl halides is 6. The first-order chi connectivity index (χ1) is 12.5. The first-order valence-electron chi connectivity index (χ1n) is 7.68. The summed E-state index contributed by atoms with van der Waals surface area (Å²) in [5.41, 5.74) is -2.23. The van der Waals surface area contributed by atoms with Crippen LogP contribution in [0.1, 0.15) is 5.56 Å². The maximum atomic E-state index is 14.3. The molecule has 0 radical (unpaired) electrons. The standard InChI is InChI=1S/C17H12F7NO2/c18-15-11(2-1-3-12(15)16(19,20)21)9-4-5-13(26-10-7-25-8-10)14(6-9)27-17(22,23)24/h1-6,10,25H,7-8H2. The van der Waals surface area contributed by atoms with Gasteiger partial charge in [-0.05, 0) is 23.8 Å². The van der Waals surface area contributed by atoms with E-state index in [9.17, 15) is 30.7 Å². The molecule has 0 aliphatic carbocycles. The summed E-state index contributed by atoms with van der Waals surface area (Å²) < 4.78 is 100. The normalized spacial score (nSPS) is 15.4. The van der Waals surface area contributed by atoms with Crippen molar-refractivity contribution in [2.24, 2.45) is 0 Å². The van der Waals surface area contributed by atoms with Crippen LogP contribution in [0.2, 0.25) is 0 Å². The Morgan fingerprint density at radius 2 is 1.63 bits per heavy atom. The van der Waals surface area contributed by atoms with E-state index in [1.165, 1.54) is 6.07 Å². The predicted octanol–water partition coefficient (Wildman–Crippen LogP) is 4.76.